The van der Waals surface area contributed by atoms with E-state index in [0.29, 0.717) is 0 Å². The van der Waals surface area contributed by atoms with Crippen molar-refractivity contribution < 1.29 is 30.7 Å². The van der Waals surface area contributed by atoms with Gasteiger partial charge in [-0.2, -0.15) is 26.3 Å². The molecule has 8 heteroatoms. The Morgan fingerprint density at radius 3 is 1.00 bits per heavy atom. The van der Waals surface area contributed by atoms with E-state index in [1.807, 2.05) is 0 Å². The van der Waals surface area contributed by atoms with E-state index in [0.717, 1.165) is 0 Å². The number of hydrogen-bond donors (Lipinski definition) is 1. The van der Waals surface area contributed by atoms with E-state index >= 15 is 0 Å². The van der Waals surface area contributed by atoms with Crippen LogP contribution in [-0.2, 0) is 0 Å². The Morgan fingerprint density at radius 2 is 1.00 bits per heavy atom. The molecule has 0 aliphatic carbocycles. The molecule has 0 unspecified atom stereocenters. The molecular formula is C4H4F7N. The Labute approximate surface area is 62.3 Å². The van der Waals surface area contributed by atoms with Crippen LogP contribution in [0.5, 0.6) is 0 Å². The van der Waals surface area contributed by atoms with Gasteiger partial charge in [-0.25, -0.2) is 4.39 Å². The van der Waals surface area contributed by atoms with E-state index in [4.69, 9.17) is 0 Å². The van der Waals surface area contributed by atoms with Crippen LogP contribution >= 0.6 is 0 Å². The summed E-state index contributed by atoms with van der Waals surface area (Å²) < 4.78 is 80.7. The van der Waals surface area contributed by atoms with Gasteiger partial charge in [0.25, 0.3) is 0 Å². The molecule has 0 bridgehead atoms. The van der Waals surface area contributed by atoms with Crippen molar-refractivity contribution in [3.05, 3.63) is 0 Å². The van der Waals surface area contributed by atoms with Crippen molar-refractivity contribution in [3.63, 3.8) is 0 Å². The SMILES string of the molecule is NCC(F)(C(F)(F)F)C(F)(F)F. The molecule has 2 N–H and O–H groups in total. The summed E-state index contributed by atoms with van der Waals surface area (Å²) >= 11 is 0. The molecule has 0 atom stereocenters. The van der Waals surface area contributed by atoms with Crippen molar-refractivity contribution in [2.75, 3.05) is 6.54 Å². The minimum Gasteiger partial charge on any atom is -0.327 e. The van der Waals surface area contributed by atoms with Crippen LogP contribution in [0, 0.1) is 0 Å². The Hall–Kier alpha value is -0.530. The van der Waals surface area contributed by atoms with Crippen LogP contribution in [-0.4, -0.2) is 24.6 Å². The molecule has 0 saturated heterocycles. The Bertz CT molecular complexity index is 142. The van der Waals surface area contributed by atoms with Crippen LogP contribution in [0.1, 0.15) is 0 Å². The molecule has 0 aromatic rings. The number of nitrogens with two attached hydrogens (primary N) is 1. The zero-order chi connectivity index (χ0) is 10.2. The third kappa shape index (κ3) is 1.62. The standard InChI is InChI=1S/C4H4F7N/c5-2(1-12,3(6,7)8)4(9,10)11/h1,12H2. The summed E-state index contributed by atoms with van der Waals surface area (Å²) in [7, 11) is 0. The predicted octanol–water partition coefficient (Wildman–Crippen LogP) is 1.78. The maximum absolute atomic E-state index is 12.2. The highest BCUT2D eigenvalue weighted by molar-refractivity contribution is 4.95. The lowest BCUT2D eigenvalue weighted by Crippen LogP contribution is -2.57. The lowest BCUT2D eigenvalue weighted by Gasteiger charge is -2.28. The lowest BCUT2D eigenvalue weighted by molar-refractivity contribution is -0.337. The maximum Gasteiger partial charge on any atom is 0.432 e. The second-order valence-corrected chi connectivity index (χ2v) is 2.00. The Morgan fingerprint density at radius 1 is 0.750 bits per heavy atom. The molecule has 0 rings (SSSR count). The Balaban J connectivity index is 4.95. The average molecular weight is 199 g/mol. The zero-order valence-corrected chi connectivity index (χ0v) is 5.43. The highest BCUT2D eigenvalue weighted by atomic mass is 19.4. The van der Waals surface area contributed by atoms with Gasteiger partial charge < -0.3 is 5.73 Å². The van der Waals surface area contributed by atoms with Crippen LogP contribution in [0.25, 0.3) is 0 Å². The summed E-state index contributed by atoms with van der Waals surface area (Å²) in [6.45, 7) is -2.17. The van der Waals surface area contributed by atoms with Crippen molar-refractivity contribution >= 4 is 0 Å². The fraction of sp³-hybridized carbons (Fsp3) is 1.00. The highest BCUT2D eigenvalue weighted by Gasteiger charge is 2.71. The monoisotopic (exact) mass is 199 g/mol. The second-order valence-electron chi connectivity index (χ2n) is 2.00. The van der Waals surface area contributed by atoms with Crippen LogP contribution in [0.15, 0.2) is 0 Å². The van der Waals surface area contributed by atoms with E-state index in [-0.39, 0.29) is 0 Å². The first-order chi connectivity index (χ1) is 5.06. The topological polar surface area (TPSA) is 26.0 Å². The molecule has 0 saturated carbocycles. The van der Waals surface area contributed by atoms with Crippen molar-refractivity contribution in [1.82, 2.24) is 0 Å². The normalized spacial score (nSPS) is 15.0. The van der Waals surface area contributed by atoms with E-state index < -0.39 is 24.6 Å². The smallest absolute Gasteiger partial charge is 0.327 e. The van der Waals surface area contributed by atoms with Gasteiger partial charge in [0, 0.05) is 6.54 Å². The lowest BCUT2D eigenvalue weighted by atomic mass is 10.1. The first-order valence-corrected chi connectivity index (χ1v) is 2.58. The van der Waals surface area contributed by atoms with Gasteiger partial charge in [-0.3, -0.25) is 0 Å². The second kappa shape index (κ2) is 2.75. The third-order valence-corrected chi connectivity index (χ3v) is 1.18. The molecule has 0 spiro atoms. The average Bonchev–Trinajstić information content (AvgIpc) is 1.81. The summed E-state index contributed by atoms with van der Waals surface area (Å²) in [6.07, 6.45) is -12.1. The predicted molar refractivity (Wildman–Crippen MR) is 25.0 cm³/mol. The molecule has 0 amide bonds. The van der Waals surface area contributed by atoms with Crippen molar-refractivity contribution in [2.45, 2.75) is 18.0 Å². The molecule has 0 aromatic carbocycles. The van der Waals surface area contributed by atoms with Gasteiger partial charge in [0.15, 0.2) is 0 Å². The van der Waals surface area contributed by atoms with Gasteiger partial charge in [-0.15, -0.1) is 0 Å². The molecule has 74 valence electrons. The third-order valence-electron chi connectivity index (χ3n) is 1.18. The maximum atomic E-state index is 12.2. The molecule has 0 aliphatic rings. The number of hydrogen-bond acceptors (Lipinski definition) is 1. The fourth-order valence-electron chi connectivity index (χ4n) is 0.392. The molecule has 0 radical (unpaired) electrons. The summed E-state index contributed by atoms with van der Waals surface area (Å²) in [5.74, 6) is 0. The van der Waals surface area contributed by atoms with Gasteiger partial charge in [0.1, 0.15) is 0 Å². The largest absolute Gasteiger partial charge is 0.432 e. The zero-order valence-electron chi connectivity index (χ0n) is 5.43. The molecule has 12 heavy (non-hydrogen) atoms. The van der Waals surface area contributed by atoms with Crippen molar-refractivity contribution in [2.24, 2.45) is 5.73 Å². The highest BCUT2D eigenvalue weighted by Crippen LogP contribution is 2.45. The minimum atomic E-state index is -6.03. The Kier molecular flexibility index (Phi) is 2.63. The van der Waals surface area contributed by atoms with Crippen molar-refractivity contribution in [3.8, 4) is 0 Å². The van der Waals surface area contributed by atoms with Gasteiger partial charge in [-0.1, -0.05) is 0 Å². The minimum absolute atomic E-state index is 2.17. The van der Waals surface area contributed by atoms with Crippen LogP contribution in [0.2, 0.25) is 0 Å². The molecule has 0 fully saturated rings. The van der Waals surface area contributed by atoms with E-state index in [1.54, 1.807) is 0 Å². The van der Waals surface area contributed by atoms with E-state index in [2.05, 4.69) is 5.73 Å². The van der Waals surface area contributed by atoms with Crippen LogP contribution in [0.3, 0.4) is 0 Å². The first kappa shape index (κ1) is 11.5. The molecule has 1 nitrogen and oxygen atoms in total. The van der Waals surface area contributed by atoms with Crippen molar-refractivity contribution in [1.29, 1.82) is 0 Å². The number of alkyl halides is 7. The number of halogens is 7. The summed E-state index contributed by atoms with van der Waals surface area (Å²) in [5, 5.41) is 0. The summed E-state index contributed by atoms with van der Waals surface area (Å²) in [6, 6.07) is 0. The van der Waals surface area contributed by atoms with E-state index in [1.165, 1.54) is 0 Å². The first-order valence-electron chi connectivity index (χ1n) is 2.58. The summed E-state index contributed by atoms with van der Waals surface area (Å²) in [5.41, 5.74) is -1.24. The summed E-state index contributed by atoms with van der Waals surface area (Å²) in [4.78, 5) is 0. The quantitative estimate of drug-likeness (QED) is 0.640. The molecule has 0 aromatic heterocycles. The van der Waals surface area contributed by atoms with Gasteiger partial charge in [-0.05, 0) is 0 Å². The molecular weight excluding hydrogens is 195 g/mol. The van der Waals surface area contributed by atoms with Crippen LogP contribution < -0.4 is 5.73 Å². The van der Waals surface area contributed by atoms with Crippen LogP contribution in [0.4, 0.5) is 30.7 Å². The fourth-order valence-corrected chi connectivity index (χ4v) is 0.392. The van der Waals surface area contributed by atoms with Gasteiger partial charge >= 0.3 is 18.0 Å². The molecule has 0 heterocycles. The number of rotatable bonds is 1. The van der Waals surface area contributed by atoms with Gasteiger partial charge in [0.2, 0.25) is 0 Å². The van der Waals surface area contributed by atoms with Gasteiger partial charge in [0.05, 0.1) is 0 Å². The molecule has 0 aliphatic heterocycles. The van der Waals surface area contributed by atoms with E-state index in [9.17, 15) is 30.7 Å².